The average molecular weight is 467 g/mol. The van der Waals surface area contributed by atoms with Crippen LogP contribution < -0.4 is 16.2 Å². The minimum atomic E-state index is 0.0843. The summed E-state index contributed by atoms with van der Waals surface area (Å²) in [6.45, 7) is 2.94. The predicted molar refractivity (Wildman–Crippen MR) is 122 cm³/mol. The van der Waals surface area contributed by atoms with Gasteiger partial charge >= 0.3 is 0 Å². The number of nitrogens with zero attached hydrogens (tertiary/aromatic N) is 4. The molecule has 4 aromatic rings. The third-order valence-electron chi connectivity index (χ3n) is 6.10. The van der Waals surface area contributed by atoms with E-state index in [4.69, 9.17) is 16.2 Å². The molecule has 3 heterocycles. The van der Waals surface area contributed by atoms with Crippen LogP contribution in [0.2, 0.25) is 0 Å². The lowest BCUT2D eigenvalue weighted by molar-refractivity contribution is 0.164. The van der Waals surface area contributed by atoms with E-state index in [0.717, 1.165) is 51.4 Å². The summed E-state index contributed by atoms with van der Waals surface area (Å²) in [6.07, 6.45) is 6.79. The normalized spacial score (nSPS) is 21.5. The number of anilines is 2. The molecular formula is C22H23BrN6O. The number of hydrogen-bond acceptors (Lipinski definition) is 6. The van der Waals surface area contributed by atoms with Gasteiger partial charge in [-0.1, -0.05) is 6.92 Å². The Morgan fingerprint density at radius 2 is 2.07 bits per heavy atom. The Hall–Kier alpha value is -2.87. The van der Waals surface area contributed by atoms with E-state index >= 15 is 0 Å². The molecule has 4 N–H and O–H groups in total. The lowest BCUT2D eigenvalue weighted by Crippen LogP contribution is -2.22. The van der Waals surface area contributed by atoms with Crippen molar-refractivity contribution in [1.82, 2.24) is 19.5 Å². The van der Waals surface area contributed by atoms with Gasteiger partial charge in [0.15, 0.2) is 0 Å². The molecule has 2 atom stereocenters. The Labute approximate surface area is 182 Å². The van der Waals surface area contributed by atoms with Crippen LogP contribution in [0.5, 0.6) is 5.75 Å². The number of nitrogen functional groups attached to an aromatic ring is 2. The molecule has 1 aliphatic carbocycles. The Bertz CT molecular complexity index is 1260. The standard InChI is InChI=1S/C22H23BrN6O/c1-22(11-30-15-3-2-13-8-17(23)20(25)28-18(13)9-15)6-4-14(10-22)29-7-5-16-19(24)26-12-27-21(16)29/h2-3,5,7-9,12,14H,4,6,10-11H2,1H3,(H2,25,28)(H2,24,26,27)/t14?,22-/m1/s1. The topological polar surface area (TPSA) is 105 Å². The van der Waals surface area contributed by atoms with Crippen LogP contribution in [0.1, 0.15) is 32.2 Å². The van der Waals surface area contributed by atoms with E-state index in [1.165, 1.54) is 6.33 Å². The summed E-state index contributed by atoms with van der Waals surface area (Å²) in [7, 11) is 0. The second-order valence-corrected chi connectivity index (χ2v) is 9.28. The maximum absolute atomic E-state index is 6.20. The first-order valence-corrected chi connectivity index (χ1v) is 10.8. The van der Waals surface area contributed by atoms with E-state index in [1.54, 1.807) is 0 Å². The summed E-state index contributed by atoms with van der Waals surface area (Å²) in [5, 5.41) is 1.94. The fourth-order valence-corrected chi connectivity index (χ4v) is 4.76. The Balaban J connectivity index is 1.31. The van der Waals surface area contributed by atoms with E-state index in [1.807, 2.05) is 30.3 Å². The van der Waals surface area contributed by atoms with Crippen LogP contribution in [0, 0.1) is 5.41 Å². The highest BCUT2D eigenvalue weighted by molar-refractivity contribution is 9.10. The van der Waals surface area contributed by atoms with Crippen molar-refractivity contribution in [2.24, 2.45) is 5.41 Å². The van der Waals surface area contributed by atoms with Crippen molar-refractivity contribution < 1.29 is 4.74 Å². The molecule has 1 aliphatic rings. The first-order chi connectivity index (χ1) is 14.4. The fourth-order valence-electron chi connectivity index (χ4n) is 4.43. The van der Waals surface area contributed by atoms with Crippen molar-refractivity contribution in [2.75, 3.05) is 18.1 Å². The second kappa shape index (κ2) is 7.12. The van der Waals surface area contributed by atoms with Crippen molar-refractivity contribution in [3.05, 3.63) is 47.3 Å². The van der Waals surface area contributed by atoms with E-state index in [0.29, 0.717) is 24.3 Å². The van der Waals surface area contributed by atoms with E-state index in [2.05, 4.69) is 48.6 Å². The first-order valence-electron chi connectivity index (χ1n) is 9.97. The van der Waals surface area contributed by atoms with Crippen molar-refractivity contribution in [3.8, 4) is 5.75 Å². The number of halogens is 1. The maximum Gasteiger partial charge on any atom is 0.145 e. The van der Waals surface area contributed by atoms with E-state index in [9.17, 15) is 0 Å². The van der Waals surface area contributed by atoms with Crippen LogP contribution in [0.15, 0.2) is 47.3 Å². The number of aromatic nitrogens is 4. The van der Waals surface area contributed by atoms with Gasteiger partial charge in [0.05, 0.1) is 22.0 Å². The fraction of sp³-hybridized carbons (Fsp3) is 0.318. The SMILES string of the molecule is C[C@@]1(COc2ccc3cc(Br)c(N)nc3c2)CCC(n2ccc3c(N)ncnc32)C1. The van der Waals surface area contributed by atoms with Gasteiger partial charge in [-0.3, -0.25) is 0 Å². The van der Waals surface area contributed by atoms with Crippen molar-refractivity contribution >= 4 is 49.5 Å². The Kier molecular flexibility index (Phi) is 4.54. The quantitative estimate of drug-likeness (QED) is 0.450. The molecular weight excluding hydrogens is 444 g/mol. The lowest BCUT2D eigenvalue weighted by atomic mass is 9.90. The summed E-state index contributed by atoms with van der Waals surface area (Å²) < 4.78 is 9.23. The highest BCUT2D eigenvalue weighted by Gasteiger charge is 2.37. The van der Waals surface area contributed by atoms with Crippen molar-refractivity contribution in [3.63, 3.8) is 0 Å². The molecule has 1 aromatic carbocycles. The highest BCUT2D eigenvalue weighted by Crippen LogP contribution is 2.45. The van der Waals surface area contributed by atoms with Crippen molar-refractivity contribution in [1.29, 1.82) is 0 Å². The van der Waals surface area contributed by atoms with E-state index < -0.39 is 0 Å². The summed E-state index contributed by atoms with van der Waals surface area (Å²) >= 11 is 3.42. The number of benzene rings is 1. The van der Waals surface area contributed by atoms with Gasteiger partial charge in [-0.25, -0.2) is 15.0 Å². The minimum absolute atomic E-state index is 0.0843. The van der Waals surface area contributed by atoms with Crippen LogP contribution in [-0.4, -0.2) is 26.1 Å². The molecule has 0 bridgehead atoms. The smallest absolute Gasteiger partial charge is 0.145 e. The molecule has 154 valence electrons. The number of nitrogens with two attached hydrogens (primary N) is 2. The summed E-state index contributed by atoms with van der Waals surface area (Å²) in [5.74, 6) is 1.82. The minimum Gasteiger partial charge on any atom is -0.493 e. The summed E-state index contributed by atoms with van der Waals surface area (Å²) in [6, 6.07) is 10.3. The number of hydrogen-bond donors (Lipinski definition) is 2. The zero-order valence-electron chi connectivity index (χ0n) is 16.7. The molecule has 5 rings (SSSR count). The van der Waals surface area contributed by atoms with Crippen molar-refractivity contribution in [2.45, 2.75) is 32.2 Å². The van der Waals surface area contributed by atoms with Crippen LogP contribution >= 0.6 is 15.9 Å². The molecule has 8 heteroatoms. The first kappa shape index (κ1) is 19.1. The molecule has 1 fully saturated rings. The van der Waals surface area contributed by atoms with Gasteiger partial charge in [-0.05, 0) is 59.5 Å². The molecule has 30 heavy (non-hydrogen) atoms. The van der Waals surface area contributed by atoms with Crippen LogP contribution in [0.4, 0.5) is 11.6 Å². The third kappa shape index (κ3) is 3.35. The molecule has 0 aliphatic heterocycles. The zero-order valence-corrected chi connectivity index (χ0v) is 18.3. The molecule has 0 saturated heterocycles. The molecule has 1 saturated carbocycles. The maximum atomic E-state index is 6.20. The third-order valence-corrected chi connectivity index (χ3v) is 6.74. The van der Waals surface area contributed by atoms with Crippen LogP contribution in [0.3, 0.4) is 0 Å². The second-order valence-electron chi connectivity index (χ2n) is 8.43. The molecule has 1 unspecified atom stereocenters. The predicted octanol–water partition coefficient (Wildman–Crippen LogP) is 4.72. The van der Waals surface area contributed by atoms with Gasteiger partial charge in [0.2, 0.25) is 0 Å². The number of pyridine rings is 1. The number of fused-ring (bicyclic) bond motifs is 2. The number of rotatable bonds is 4. The lowest BCUT2D eigenvalue weighted by Gasteiger charge is -2.25. The molecule has 7 nitrogen and oxygen atoms in total. The monoisotopic (exact) mass is 466 g/mol. The summed E-state index contributed by atoms with van der Waals surface area (Å²) in [5.41, 5.74) is 13.7. The largest absolute Gasteiger partial charge is 0.493 e. The Morgan fingerprint density at radius 1 is 1.20 bits per heavy atom. The molecule has 3 aromatic heterocycles. The molecule has 0 spiro atoms. The van der Waals surface area contributed by atoms with Gasteiger partial charge in [0.1, 0.15) is 29.4 Å². The molecule has 0 amide bonds. The van der Waals surface area contributed by atoms with E-state index in [-0.39, 0.29) is 5.41 Å². The zero-order chi connectivity index (χ0) is 20.9. The number of ether oxygens (including phenoxy) is 1. The van der Waals surface area contributed by atoms with Gasteiger partial charge < -0.3 is 20.8 Å². The van der Waals surface area contributed by atoms with Crippen LogP contribution in [-0.2, 0) is 0 Å². The van der Waals surface area contributed by atoms with Gasteiger partial charge in [-0.15, -0.1) is 0 Å². The highest BCUT2D eigenvalue weighted by atomic mass is 79.9. The molecule has 0 radical (unpaired) electrons. The average Bonchev–Trinajstić information content (AvgIpc) is 3.32. The van der Waals surface area contributed by atoms with Crippen LogP contribution in [0.25, 0.3) is 21.9 Å². The van der Waals surface area contributed by atoms with Gasteiger partial charge in [0, 0.05) is 29.1 Å². The van der Waals surface area contributed by atoms with Gasteiger partial charge in [-0.2, -0.15) is 0 Å². The summed E-state index contributed by atoms with van der Waals surface area (Å²) in [4.78, 5) is 13.0. The Morgan fingerprint density at radius 3 is 2.93 bits per heavy atom. The van der Waals surface area contributed by atoms with Gasteiger partial charge in [0.25, 0.3) is 0 Å².